The lowest BCUT2D eigenvalue weighted by atomic mass is 10.3. The maximum absolute atomic E-state index is 11.9. The molecule has 0 aliphatic heterocycles. The summed E-state index contributed by atoms with van der Waals surface area (Å²) in [5.74, 6) is 0.00488. The highest BCUT2D eigenvalue weighted by atomic mass is 32.1. The zero-order chi connectivity index (χ0) is 15.8. The van der Waals surface area contributed by atoms with E-state index in [2.05, 4.69) is 27.1 Å². The van der Waals surface area contributed by atoms with Crippen LogP contribution in [0, 0.1) is 0 Å². The first-order valence-corrected chi connectivity index (χ1v) is 8.42. The van der Waals surface area contributed by atoms with E-state index < -0.39 is 0 Å². The number of nitrogens with zero attached hydrogens (tertiary/aromatic N) is 3. The molecular weight excluding hydrogens is 296 g/mol. The number of carbonyl (C=O) groups excluding carboxylic acids is 1. The first-order valence-electron chi connectivity index (χ1n) is 7.54. The van der Waals surface area contributed by atoms with Crippen molar-refractivity contribution in [2.45, 2.75) is 26.2 Å². The van der Waals surface area contributed by atoms with E-state index >= 15 is 0 Å². The highest BCUT2D eigenvalue weighted by Gasteiger charge is 2.09. The van der Waals surface area contributed by atoms with Crippen molar-refractivity contribution in [2.24, 2.45) is 0 Å². The van der Waals surface area contributed by atoms with Gasteiger partial charge in [-0.15, -0.1) is 11.3 Å². The summed E-state index contributed by atoms with van der Waals surface area (Å²) in [4.78, 5) is 22.8. The van der Waals surface area contributed by atoms with E-state index in [-0.39, 0.29) is 5.91 Å². The molecule has 2 aromatic rings. The minimum atomic E-state index is 0.00488. The van der Waals surface area contributed by atoms with Gasteiger partial charge in [0.1, 0.15) is 5.69 Å². The number of carbonyl (C=O) groups is 1. The van der Waals surface area contributed by atoms with Gasteiger partial charge in [-0.3, -0.25) is 9.78 Å². The van der Waals surface area contributed by atoms with Gasteiger partial charge in [0, 0.05) is 24.5 Å². The molecule has 2 heterocycles. The predicted molar refractivity (Wildman–Crippen MR) is 91.0 cm³/mol. The van der Waals surface area contributed by atoms with E-state index in [0.717, 1.165) is 30.9 Å². The largest absolute Gasteiger partial charge is 0.306 e. The fraction of sp³-hybridized carbons (Fsp3) is 0.438. The number of nitrogens with one attached hydrogen (secondary N) is 1. The second-order valence-electron chi connectivity index (χ2n) is 5.21. The zero-order valence-corrected chi connectivity index (χ0v) is 13.9. The summed E-state index contributed by atoms with van der Waals surface area (Å²) in [5, 5.41) is 5.39. The molecule has 1 amide bonds. The van der Waals surface area contributed by atoms with Gasteiger partial charge < -0.3 is 10.2 Å². The van der Waals surface area contributed by atoms with E-state index in [1.165, 1.54) is 17.8 Å². The Morgan fingerprint density at radius 2 is 2.18 bits per heavy atom. The summed E-state index contributed by atoms with van der Waals surface area (Å²) < 4.78 is 0. The highest BCUT2D eigenvalue weighted by Crippen LogP contribution is 2.23. The molecule has 6 heteroatoms. The van der Waals surface area contributed by atoms with Gasteiger partial charge in [0.2, 0.25) is 5.91 Å². The van der Waals surface area contributed by atoms with Gasteiger partial charge in [0.15, 0.2) is 5.13 Å². The molecule has 0 atom stereocenters. The number of amides is 1. The number of hydrogen-bond donors (Lipinski definition) is 1. The van der Waals surface area contributed by atoms with Crippen molar-refractivity contribution in [3.05, 3.63) is 29.8 Å². The summed E-state index contributed by atoms with van der Waals surface area (Å²) in [6.07, 6.45) is 4.56. The van der Waals surface area contributed by atoms with Crippen molar-refractivity contribution in [3.63, 3.8) is 0 Å². The summed E-state index contributed by atoms with van der Waals surface area (Å²) in [5.41, 5.74) is 1.61. The Morgan fingerprint density at radius 3 is 2.91 bits per heavy atom. The van der Waals surface area contributed by atoms with Crippen molar-refractivity contribution in [2.75, 3.05) is 25.5 Å². The van der Waals surface area contributed by atoms with Crippen LogP contribution >= 0.6 is 11.3 Å². The molecule has 0 bridgehead atoms. The number of thiazole rings is 1. The van der Waals surface area contributed by atoms with Crippen LogP contribution in [0.25, 0.3) is 11.4 Å². The van der Waals surface area contributed by atoms with Crippen LogP contribution in [-0.4, -0.2) is 40.9 Å². The third-order valence-electron chi connectivity index (χ3n) is 3.29. The van der Waals surface area contributed by atoms with E-state index in [4.69, 9.17) is 0 Å². The van der Waals surface area contributed by atoms with Crippen LogP contribution in [0.3, 0.4) is 0 Å². The number of rotatable bonds is 8. The van der Waals surface area contributed by atoms with Gasteiger partial charge in [0.05, 0.1) is 5.69 Å². The number of unbranched alkanes of at least 4 members (excludes halogenated alkanes) is 1. The van der Waals surface area contributed by atoms with Gasteiger partial charge >= 0.3 is 0 Å². The molecule has 0 aromatic carbocycles. The molecule has 2 aromatic heterocycles. The van der Waals surface area contributed by atoms with Crippen molar-refractivity contribution >= 4 is 22.4 Å². The molecule has 118 valence electrons. The molecule has 0 spiro atoms. The van der Waals surface area contributed by atoms with Gasteiger partial charge in [0.25, 0.3) is 0 Å². The molecule has 22 heavy (non-hydrogen) atoms. The summed E-state index contributed by atoms with van der Waals surface area (Å²) in [6.45, 7) is 3.97. The van der Waals surface area contributed by atoms with Crippen LogP contribution < -0.4 is 5.32 Å². The standard InChI is InChI=1S/C16H22N4OS/c1-3-4-10-20(2)11-8-15(21)19-16-18-14(12-22-16)13-7-5-6-9-17-13/h5-7,9,12H,3-4,8,10-11H2,1-2H3,(H,18,19,21). The van der Waals surface area contributed by atoms with Crippen LogP contribution in [-0.2, 0) is 4.79 Å². The second-order valence-corrected chi connectivity index (χ2v) is 6.07. The molecular formula is C16H22N4OS. The van der Waals surface area contributed by atoms with Crippen LogP contribution in [0.15, 0.2) is 29.8 Å². The molecule has 5 nitrogen and oxygen atoms in total. The average molecular weight is 318 g/mol. The topological polar surface area (TPSA) is 58.1 Å². The number of hydrogen-bond acceptors (Lipinski definition) is 5. The second kappa shape index (κ2) is 8.60. The lowest BCUT2D eigenvalue weighted by molar-refractivity contribution is -0.116. The Kier molecular flexibility index (Phi) is 6.48. The lowest BCUT2D eigenvalue weighted by Crippen LogP contribution is -2.25. The number of anilines is 1. The van der Waals surface area contributed by atoms with Crippen molar-refractivity contribution < 1.29 is 4.79 Å². The smallest absolute Gasteiger partial charge is 0.227 e. The first-order chi connectivity index (χ1) is 10.7. The molecule has 0 fully saturated rings. The van der Waals surface area contributed by atoms with Crippen molar-refractivity contribution in [1.29, 1.82) is 0 Å². The van der Waals surface area contributed by atoms with E-state index in [1.807, 2.05) is 30.6 Å². The van der Waals surface area contributed by atoms with Crippen molar-refractivity contribution in [1.82, 2.24) is 14.9 Å². The minimum absolute atomic E-state index is 0.00488. The first kappa shape index (κ1) is 16.6. The molecule has 0 unspecified atom stereocenters. The van der Waals surface area contributed by atoms with Gasteiger partial charge in [-0.2, -0.15) is 0 Å². The van der Waals surface area contributed by atoms with Crippen LogP contribution in [0.1, 0.15) is 26.2 Å². The Hall–Kier alpha value is -1.79. The SMILES string of the molecule is CCCCN(C)CCC(=O)Nc1nc(-c2ccccn2)cs1. The normalized spacial score (nSPS) is 10.9. The summed E-state index contributed by atoms with van der Waals surface area (Å²) in [6, 6.07) is 5.70. The zero-order valence-electron chi connectivity index (χ0n) is 13.1. The summed E-state index contributed by atoms with van der Waals surface area (Å²) >= 11 is 1.42. The molecule has 0 saturated carbocycles. The summed E-state index contributed by atoms with van der Waals surface area (Å²) in [7, 11) is 2.05. The Balaban J connectivity index is 1.81. The average Bonchev–Trinajstić information content (AvgIpc) is 3.00. The van der Waals surface area contributed by atoms with Gasteiger partial charge in [-0.05, 0) is 32.1 Å². The quantitative estimate of drug-likeness (QED) is 0.811. The number of aromatic nitrogens is 2. The maximum atomic E-state index is 11.9. The van der Waals surface area contributed by atoms with Gasteiger partial charge in [-0.1, -0.05) is 19.4 Å². The molecule has 1 N–H and O–H groups in total. The third-order valence-corrected chi connectivity index (χ3v) is 4.05. The van der Waals surface area contributed by atoms with Crippen LogP contribution in [0.2, 0.25) is 0 Å². The Labute approximate surface area is 135 Å². The Morgan fingerprint density at radius 1 is 1.32 bits per heavy atom. The number of pyridine rings is 1. The fourth-order valence-electron chi connectivity index (χ4n) is 1.98. The van der Waals surface area contributed by atoms with E-state index in [0.29, 0.717) is 11.6 Å². The molecule has 2 rings (SSSR count). The van der Waals surface area contributed by atoms with Crippen molar-refractivity contribution in [3.8, 4) is 11.4 Å². The lowest BCUT2D eigenvalue weighted by Gasteiger charge is -2.15. The van der Waals surface area contributed by atoms with Crippen LogP contribution in [0.5, 0.6) is 0 Å². The molecule has 0 radical (unpaired) electrons. The predicted octanol–water partition coefficient (Wildman–Crippen LogP) is 3.27. The Bertz CT molecular complexity index is 585. The fourth-order valence-corrected chi connectivity index (χ4v) is 2.70. The monoisotopic (exact) mass is 318 g/mol. The molecule has 0 aliphatic carbocycles. The van der Waals surface area contributed by atoms with Crippen LogP contribution in [0.4, 0.5) is 5.13 Å². The molecule has 0 aliphatic rings. The maximum Gasteiger partial charge on any atom is 0.227 e. The highest BCUT2D eigenvalue weighted by molar-refractivity contribution is 7.14. The minimum Gasteiger partial charge on any atom is -0.306 e. The van der Waals surface area contributed by atoms with E-state index in [9.17, 15) is 4.79 Å². The third kappa shape index (κ3) is 5.20. The van der Waals surface area contributed by atoms with E-state index in [1.54, 1.807) is 6.20 Å². The molecule has 0 saturated heterocycles. The van der Waals surface area contributed by atoms with Gasteiger partial charge in [-0.25, -0.2) is 4.98 Å².